The van der Waals surface area contributed by atoms with Crippen LogP contribution in [0.5, 0.6) is 0 Å². The van der Waals surface area contributed by atoms with Gasteiger partial charge in [-0.2, -0.15) is 9.40 Å². The van der Waals surface area contributed by atoms with Gasteiger partial charge in [-0.1, -0.05) is 24.3 Å². The van der Waals surface area contributed by atoms with E-state index in [2.05, 4.69) is 10.4 Å². The molecule has 3 aromatic rings. The van der Waals surface area contributed by atoms with E-state index in [1.54, 1.807) is 18.2 Å². The van der Waals surface area contributed by atoms with E-state index in [9.17, 15) is 13.2 Å². The van der Waals surface area contributed by atoms with Crippen molar-refractivity contribution in [3.63, 3.8) is 0 Å². The van der Waals surface area contributed by atoms with Gasteiger partial charge < -0.3 is 10.1 Å². The highest BCUT2D eigenvalue weighted by molar-refractivity contribution is 7.89. The van der Waals surface area contributed by atoms with Crippen molar-refractivity contribution >= 4 is 21.6 Å². The summed E-state index contributed by atoms with van der Waals surface area (Å²) >= 11 is 0. The maximum Gasteiger partial charge on any atom is 0.276 e. The van der Waals surface area contributed by atoms with Gasteiger partial charge in [0.25, 0.3) is 5.91 Å². The lowest BCUT2D eigenvalue weighted by atomic mass is 10.2. The second kappa shape index (κ2) is 8.50. The molecule has 0 bridgehead atoms. The van der Waals surface area contributed by atoms with Gasteiger partial charge in [-0.15, -0.1) is 0 Å². The number of ether oxygens (including phenoxy) is 1. The van der Waals surface area contributed by atoms with E-state index in [4.69, 9.17) is 4.74 Å². The highest BCUT2D eigenvalue weighted by Gasteiger charge is 2.28. The smallest absolute Gasteiger partial charge is 0.276 e. The highest BCUT2D eigenvalue weighted by atomic mass is 32.2. The van der Waals surface area contributed by atoms with Gasteiger partial charge >= 0.3 is 0 Å². The molecule has 1 amide bonds. The number of benzene rings is 2. The number of nitrogens with one attached hydrogen (secondary N) is 1. The van der Waals surface area contributed by atoms with Gasteiger partial charge in [0.2, 0.25) is 10.0 Å². The monoisotopic (exact) mass is 452 g/mol. The lowest BCUT2D eigenvalue weighted by Gasteiger charge is -2.26. The molecule has 9 heteroatoms. The number of aromatic nitrogens is 2. The van der Waals surface area contributed by atoms with Gasteiger partial charge in [0.1, 0.15) is 0 Å². The number of sulfonamides is 1. The molecule has 0 spiro atoms. The van der Waals surface area contributed by atoms with Crippen LogP contribution in [0, 0.1) is 0 Å². The van der Waals surface area contributed by atoms with E-state index < -0.39 is 10.0 Å². The molecule has 2 aliphatic rings. The van der Waals surface area contributed by atoms with Crippen LogP contribution in [0.25, 0.3) is 5.69 Å². The first-order chi connectivity index (χ1) is 15.5. The number of hydrogen-bond donors (Lipinski definition) is 1. The lowest BCUT2D eigenvalue weighted by molar-refractivity contribution is 0.0730. The first kappa shape index (κ1) is 20.9. The molecule has 8 nitrogen and oxygen atoms in total. The second-order valence-corrected chi connectivity index (χ2v) is 9.81. The van der Waals surface area contributed by atoms with Crippen molar-refractivity contribution in [1.82, 2.24) is 14.1 Å². The molecule has 0 saturated carbocycles. The summed E-state index contributed by atoms with van der Waals surface area (Å²) in [5.74, 6) is -0.334. The third-order valence-electron chi connectivity index (χ3n) is 5.85. The summed E-state index contributed by atoms with van der Waals surface area (Å²) in [4.78, 5) is 13.3. The fraction of sp³-hybridized carbons (Fsp3) is 0.304. The van der Waals surface area contributed by atoms with Gasteiger partial charge in [-0.05, 0) is 49.6 Å². The maximum atomic E-state index is 13.1. The molecule has 32 heavy (non-hydrogen) atoms. The van der Waals surface area contributed by atoms with Crippen LogP contribution in [0.15, 0.2) is 59.5 Å². The van der Waals surface area contributed by atoms with Crippen molar-refractivity contribution in [2.75, 3.05) is 31.6 Å². The van der Waals surface area contributed by atoms with E-state index in [0.717, 1.165) is 36.2 Å². The van der Waals surface area contributed by atoms with E-state index in [-0.39, 0.29) is 10.8 Å². The molecule has 0 atom stereocenters. The van der Waals surface area contributed by atoms with Crippen molar-refractivity contribution in [2.24, 2.45) is 0 Å². The van der Waals surface area contributed by atoms with Gasteiger partial charge in [0.15, 0.2) is 5.69 Å². The second-order valence-electron chi connectivity index (χ2n) is 7.87. The Balaban J connectivity index is 1.41. The number of carbonyl (C=O) groups is 1. The molecule has 1 N–H and O–H groups in total. The first-order valence-corrected chi connectivity index (χ1v) is 12.1. The number of fused-ring (bicyclic) bond motifs is 1. The van der Waals surface area contributed by atoms with Crippen LogP contribution >= 0.6 is 0 Å². The molecule has 1 aliphatic carbocycles. The Morgan fingerprint density at radius 3 is 2.56 bits per heavy atom. The predicted molar refractivity (Wildman–Crippen MR) is 120 cm³/mol. The summed E-state index contributed by atoms with van der Waals surface area (Å²) in [6, 6.07) is 16.1. The number of morpholine rings is 1. The van der Waals surface area contributed by atoms with Gasteiger partial charge in [-0.25, -0.2) is 13.1 Å². The Bertz CT molecular complexity index is 1250. The lowest BCUT2D eigenvalue weighted by Crippen LogP contribution is -2.40. The van der Waals surface area contributed by atoms with Crippen LogP contribution in [0.1, 0.15) is 28.2 Å². The number of rotatable bonds is 5. The molecule has 1 fully saturated rings. The minimum absolute atomic E-state index is 0.150. The van der Waals surface area contributed by atoms with E-state index in [1.165, 1.54) is 10.4 Å². The number of amides is 1. The number of hydrogen-bond acceptors (Lipinski definition) is 5. The van der Waals surface area contributed by atoms with Gasteiger partial charge in [0.05, 0.1) is 23.8 Å². The Morgan fingerprint density at radius 2 is 1.78 bits per heavy atom. The summed E-state index contributed by atoms with van der Waals surface area (Å²) in [6.07, 6.45) is 2.65. The average Bonchev–Trinajstić information content (AvgIpc) is 3.43. The zero-order chi connectivity index (χ0) is 22.1. The molecule has 5 rings (SSSR count). The largest absolute Gasteiger partial charge is 0.379 e. The van der Waals surface area contributed by atoms with Crippen LogP contribution in [-0.4, -0.2) is 54.7 Å². The topological polar surface area (TPSA) is 93.5 Å². The van der Waals surface area contributed by atoms with E-state index in [0.29, 0.717) is 37.7 Å². The van der Waals surface area contributed by atoms with Crippen LogP contribution < -0.4 is 5.32 Å². The molecule has 0 unspecified atom stereocenters. The summed E-state index contributed by atoms with van der Waals surface area (Å²) in [5.41, 5.74) is 3.75. The average molecular weight is 453 g/mol. The molecule has 1 aliphatic heterocycles. The maximum absolute atomic E-state index is 13.1. The molecule has 2 heterocycles. The third-order valence-corrected chi connectivity index (χ3v) is 7.74. The summed E-state index contributed by atoms with van der Waals surface area (Å²) in [7, 11) is -3.64. The number of nitrogens with zero attached hydrogens (tertiary/aromatic N) is 3. The summed E-state index contributed by atoms with van der Waals surface area (Å²) in [5, 5.41) is 7.45. The highest BCUT2D eigenvalue weighted by Crippen LogP contribution is 2.29. The SMILES string of the molecule is O=C(Nc1cccc(S(=O)(=O)N2CCOCC2)c1)c1nn(-c2ccccc2)c2c1CCC2. The molecular formula is C23H24N4O4S. The Morgan fingerprint density at radius 1 is 1.00 bits per heavy atom. The minimum Gasteiger partial charge on any atom is -0.379 e. The van der Waals surface area contributed by atoms with Gasteiger partial charge in [0, 0.05) is 30.0 Å². The number of anilines is 1. The minimum atomic E-state index is -3.64. The van der Waals surface area contributed by atoms with Crippen molar-refractivity contribution in [1.29, 1.82) is 0 Å². The van der Waals surface area contributed by atoms with Crippen molar-refractivity contribution < 1.29 is 17.9 Å². The first-order valence-electron chi connectivity index (χ1n) is 10.7. The third kappa shape index (κ3) is 3.83. The molecular weight excluding hydrogens is 428 g/mol. The van der Waals surface area contributed by atoms with Crippen molar-refractivity contribution in [2.45, 2.75) is 24.2 Å². The summed E-state index contributed by atoms with van der Waals surface area (Å²) in [6.45, 7) is 1.40. The van der Waals surface area contributed by atoms with E-state index in [1.807, 2.05) is 35.0 Å². The predicted octanol–water partition coefficient (Wildman–Crippen LogP) is 2.63. The molecule has 1 aromatic heterocycles. The van der Waals surface area contributed by atoms with Gasteiger partial charge in [-0.3, -0.25) is 4.79 Å². The van der Waals surface area contributed by atoms with Crippen molar-refractivity contribution in [3.8, 4) is 5.69 Å². The number of carbonyl (C=O) groups excluding carboxylic acids is 1. The normalized spacial score (nSPS) is 16.6. The molecule has 1 saturated heterocycles. The fourth-order valence-electron chi connectivity index (χ4n) is 4.26. The zero-order valence-corrected chi connectivity index (χ0v) is 18.3. The summed E-state index contributed by atoms with van der Waals surface area (Å²) < 4.78 is 34.4. The van der Waals surface area contributed by atoms with Crippen LogP contribution in [0.2, 0.25) is 0 Å². The Labute approximate surface area is 186 Å². The van der Waals surface area contributed by atoms with Crippen molar-refractivity contribution in [3.05, 3.63) is 71.5 Å². The molecule has 0 radical (unpaired) electrons. The Hall–Kier alpha value is -3.01. The fourth-order valence-corrected chi connectivity index (χ4v) is 5.72. The van der Waals surface area contributed by atoms with E-state index >= 15 is 0 Å². The Kier molecular flexibility index (Phi) is 5.54. The molecule has 166 valence electrons. The number of para-hydroxylation sites is 1. The van der Waals surface area contributed by atoms with Crippen LogP contribution in [-0.2, 0) is 27.6 Å². The standard InChI is InChI=1S/C23H24N4O4S/c28-23(22-20-10-5-11-21(20)27(25-22)18-7-2-1-3-8-18)24-17-6-4-9-19(16-17)32(29,30)26-12-14-31-15-13-26/h1-4,6-9,16H,5,10-15H2,(H,24,28). The van der Waals surface area contributed by atoms with Crippen LogP contribution in [0.3, 0.4) is 0 Å². The quantitative estimate of drug-likeness (QED) is 0.642. The van der Waals surface area contributed by atoms with Crippen LogP contribution in [0.4, 0.5) is 5.69 Å². The molecule has 2 aromatic carbocycles. The zero-order valence-electron chi connectivity index (χ0n) is 17.5.